The van der Waals surface area contributed by atoms with Gasteiger partial charge in [0.1, 0.15) is 6.07 Å². The third-order valence-electron chi connectivity index (χ3n) is 5.74. The highest BCUT2D eigenvalue weighted by molar-refractivity contribution is 6.70. The van der Waals surface area contributed by atoms with E-state index >= 15 is 0 Å². The quantitative estimate of drug-likeness (QED) is 0.744. The number of hydrogen-bond acceptors (Lipinski definition) is 5. The van der Waals surface area contributed by atoms with Gasteiger partial charge in [-0.05, 0) is 30.8 Å². The summed E-state index contributed by atoms with van der Waals surface area (Å²) in [5.41, 5.74) is -1.75. The minimum absolute atomic E-state index is 0.424. The third kappa shape index (κ3) is 1.92. The van der Waals surface area contributed by atoms with E-state index in [1.54, 1.807) is 0 Å². The van der Waals surface area contributed by atoms with Crippen LogP contribution >= 0.6 is 0 Å². The van der Waals surface area contributed by atoms with Gasteiger partial charge in [0.05, 0.1) is 0 Å². The van der Waals surface area contributed by atoms with E-state index in [1.165, 1.54) is 14.2 Å². The summed E-state index contributed by atoms with van der Waals surface area (Å²) in [6.45, 7) is 5.88. The van der Waals surface area contributed by atoms with Gasteiger partial charge in [0.25, 0.3) is 0 Å². The fourth-order valence-corrected chi connectivity index (χ4v) is 6.12. The SMILES string of the molecule is COC12C(=O)C(C#N)(O[Si](C)(C)C)C(OC)(c3ccccc31)c1ccccc12. The smallest absolute Gasteiger partial charge is 0.245 e. The van der Waals surface area contributed by atoms with Gasteiger partial charge in [-0.3, -0.25) is 4.79 Å². The van der Waals surface area contributed by atoms with E-state index in [0.717, 1.165) is 11.1 Å². The van der Waals surface area contributed by atoms with E-state index in [2.05, 4.69) is 6.07 Å². The molecule has 2 bridgehead atoms. The van der Waals surface area contributed by atoms with Crippen LogP contribution in [-0.2, 0) is 29.9 Å². The number of methoxy groups -OCH3 is 2. The monoisotopic (exact) mass is 393 g/mol. The zero-order valence-electron chi connectivity index (χ0n) is 16.7. The molecule has 0 N–H and O–H groups in total. The molecular formula is C22H23NO4Si. The van der Waals surface area contributed by atoms with Crippen LogP contribution in [0.3, 0.4) is 0 Å². The van der Waals surface area contributed by atoms with Crippen molar-refractivity contribution in [3.63, 3.8) is 0 Å². The van der Waals surface area contributed by atoms with Crippen LogP contribution in [0.15, 0.2) is 48.5 Å². The maximum Gasteiger partial charge on any atom is 0.245 e. The molecule has 0 aromatic heterocycles. The maximum absolute atomic E-state index is 14.1. The Morgan fingerprint density at radius 2 is 1.32 bits per heavy atom. The van der Waals surface area contributed by atoms with Crippen LogP contribution in [-0.4, -0.2) is 33.9 Å². The van der Waals surface area contributed by atoms with Gasteiger partial charge in [-0.25, -0.2) is 0 Å². The van der Waals surface area contributed by atoms with Crippen molar-refractivity contribution in [2.75, 3.05) is 14.2 Å². The number of ether oxygens (including phenoxy) is 2. The lowest BCUT2D eigenvalue weighted by atomic mass is 9.51. The predicted molar refractivity (Wildman–Crippen MR) is 106 cm³/mol. The summed E-state index contributed by atoms with van der Waals surface area (Å²) >= 11 is 0. The summed E-state index contributed by atoms with van der Waals surface area (Å²) in [4.78, 5) is 14.1. The summed E-state index contributed by atoms with van der Waals surface area (Å²) in [5.74, 6) is -0.424. The number of hydrogen-bond donors (Lipinski definition) is 0. The van der Waals surface area contributed by atoms with Crippen molar-refractivity contribution in [2.45, 2.75) is 36.4 Å². The average Bonchev–Trinajstić information content (AvgIpc) is 2.69. The molecule has 1 unspecified atom stereocenters. The summed E-state index contributed by atoms with van der Waals surface area (Å²) in [5, 5.41) is 10.4. The third-order valence-corrected chi connectivity index (χ3v) is 6.65. The molecule has 3 aliphatic rings. The van der Waals surface area contributed by atoms with Crippen molar-refractivity contribution >= 4 is 14.1 Å². The first-order chi connectivity index (χ1) is 13.2. The molecule has 0 spiro atoms. The zero-order valence-corrected chi connectivity index (χ0v) is 17.7. The number of benzene rings is 2. The van der Waals surface area contributed by atoms with Crippen LogP contribution in [0.2, 0.25) is 19.6 Å². The number of fused-ring (bicyclic) bond motifs is 1. The van der Waals surface area contributed by atoms with Gasteiger partial charge in [-0.15, -0.1) is 0 Å². The fraction of sp³-hybridized carbons (Fsp3) is 0.364. The van der Waals surface area contributed by atoms with E-state index in [1.807, 2.05) is 68.2 Å². The standard InChI is InChI=1S/C22H23NO4Si/c1-25-21-15-10-6-8-12-17(15)22(26-2,18-13-9-7-11-16(18)21)20(14-23,19(21)24)27-28(3,4)5/h6-13H,1-5H3. The molecule has 144 valence electrons. The number of nitriles is 1. The number of rotatable bonds is 4. The van der Waals surface area contributed by atoms with Crippen molar-refractivity contribution < 1.29 is 18.7 Å². The van der Waals surface area contributed by atoms with E-state index in [0.29, 0.717) is 11.1 Å². The van der Waals surface area contributed by atoms with Gasteiger partial charge in [0.2, 0.25) is 11.4 Å². The Hall–Kier alpha value is -2.30. The maximum atomic E-state index is 14.1. The van der Waals surface area contributed by atoms with Crippen LogP contribution in [0.1, 0.15) is 22.3 Å². The topological polar surface area (TPSA) is 68.6 Å². The highest BCUT2D eigenvalue weighted by Gasteiger charge is 2.76. The Morgan fingerprint density at radius 3 is 1.68 bits per heavy atom. The number of carbonyl (C=O) groups is 1. The predicted octanol–water partition coefficient (Wildman–Crippen LogP) is 3.48. The molecule has 5 nitrogen and oxygen atoms in total. The summed E-state index contributed by atoms with van der Waals surface area (Å²) in [6, 6.07) is 17.3. The normalized spacial score (nSPS) is 30.5. The molecule has 2 aromatic carbocycles. The van der Waals surface area contributed by atoms with Crippen molar-refractivity contribution in [1.82, 2.24) is 0 Å². The van der Waals surface area contributed by atoms with Crippen molar-refractivity contribution in [1.29, 1.82) is 5.26 Å². The van der Waals surface area contributed by atoms with E-state index in [-0.39, 0.29) is 0 Å². The second kappa shape index (κ2) is 5.85. The van der Waals surface area contributed by atoms with Crippen LogP contribution in [0.5, 0.6) is 0 Å². The Balaban J connectivity index is 2.25. The van der Waals surface area contributed by atoms with Gasteiger partial charge in [0.15, 0.2) is 19.5 Å². The fourth-order valence-electron chi connectivity index (χ4n) is 4.92. The Bertz CT molecular complexity index is 972. The molecule has 5 rings (SSSR count). The molecule has 0 heterocycles. The molecular weight excluding hydrogens is 370 g/mol. The molecule has 1 atom stereocenters. The minimum Gasteiger partial charge on any atom is -0.392 e. The second-order valence-electron chi connectivity index (χ2n) is 8.20. The zero-order chi connectivity index (χ0) is 20.4. The highest BCUT2D eigenvalue weighted by atomic mass is 28.4. The molecule has 28 heavy (non-hydrogen) atoms. The van der Waals surface area contributed by atoms with Crippen LogP contribution < -0.4 is 0 Å². The lowest BCUT2D eigenvalue weighted by Gasteiger charge is -2.59. The summed E-state index contributed by atoms with van der Waals surface area (Å²) in [7, 11) is 0.693. The molecule has 6 heteroatoms. The second-order valence-corrected chi connectivity index (χ2v) is 12.6. The largest absolute Gasteiger partial charge is 0.392 e. The molecule has 0 saturated carbocycles. The van der Waals surface area contributed by atoms with Gasteiger partial charge in [0, 0.05) is 25.3 Å². The molecule has 0 amide bonds. The van der Waals surface area contributed by atoms with Crippen molar-refractivity contribution in [2.24, 2.45) is 0 Å². The lowest BCUT2D eigenvalue weighted by molar-refractivity contribution is -0.187. The number of nitrogens with zero attached hydrogens (tertiary/aromatic N) is 1. The number of carbonyl (C=O) groups excluding carboxylic acids is 1. The first kappa shape index (κ1) is 19.0. The molecule has 0 fully saturated rings. The van der Waals surface area contributed by atoms with E-state index in [4.69, 9.17) is 13.9 Å². The first-order valence-electron chi connectivity index (χ1n) is 9.22. The van der Waals surface area contributed by atoms with E-state index in [9.17, 15) is 10.1 Å². The van der Waals surface area contributed by atoms with Crippen molar-refractivity contribution in [3.8, 4) is 6.07 Å². The van der Waals surface area contributed by atoms with Crippen LogP contribution in [0.25, 0.3) is 0 Å². The van der Waals surface area contributed by atoms with Crippen LogP contribution in [0.4, 0.5) is 0 Å². The molecule has 0 aliphatic heterocycles. The van der Waals surface area contributed by atoms with Gasteiger partial charge >= 0.3 is 0 Å². The first-order valence-corrected chi connectivity index (χ1v) is 12.6. The Kier molecular flexibility index (Phi) is 3.98. The Labute approximate surface area is 166 Å². The number of Topliss-reactive ketones (excluding diaryl/α,β-unsaturated/α-hetero) is 1. The molecule has 0 saturated heterocycles. The van der Waals surface area contributed by atoms with Crippen LogP contribution in [0, 0.1) is 11.3 Å². The lowest BCUT2D eigenvalue weighted by Crippen LogP contribution is -2.74. The van der Waals surface area contributed by atoms with Crippen molar-refractivity contribution in [3.05, 3.63) is 70.8 Å². The number of ketones is 1. The minimum atomic E-state index is -2.35. The van der Waals surface area contributed by atoms with Gasteiger partial charge in [-0.1, -0.05) is 48.5 Å². The van der Waals surface area contributed by atoms with E-state index < -0.39 is 30.9 Å². The van der Waals surface area contributed by atoms with Gasteiger partial charge in [-0.2, -0.15) is 5.26 Å². The van der Waals surface area contributed by atoms with Gasteiger partial charge < -0.3 is 13.9 Å². The molecule has 2 aromatic rings. The summed E-state index contributed by atoms with van der Waals surface area (Å²) < 4.78 is 18.5. The summed E-state index contributed by atoms with van der Waals surface area (Å²) in [6.07, 6.45) is 0. The highest BCUT2D eigenvalue weighted by Crippen LogP contribution is 2.63. The Morgan fingerprint density at radius 1 is 0.857 bits per heavy atom. The molecule has 3 aliphatic carbocycles. The molecule has 0 radical (unpaired) electrons. The average molecular weight is 394 g/mol.